The number of nitrogens with zero attached hydrogens (tertiary/aromatic N) is 1. The first-order valence-electron chi connectivity index (χ1n) is 4.92. The fraction of sp³-hybridized carbons (Fsp3) is 0.417. The Balaban J connectivity index is 2.65. The Hall–Kier alpha value is -1.51. The maximum atomic E-state index is 11.6. The van der Waals surface area contributed by atoms with Gasteiger partial charge in [-0.2, -0.15) is 0 Å². The maximum Gasteiger partial charge on any atom is 0.337 e. The first-order valence-corrected chi connectivity index (χ1v) is 4.92. The van der Waals surface area contributed by atoms with Crippen LogP contribution >= 0.6 is 0 Å². The quantitative estimate of drug-likeness (QED) is 0.698. The molecule has 3 heteroatoms. The van der Waals surface area contributed by atoms with E-state index >= 15 is 0 Å². The molecule has 0 saturated carbocycles. The smallest absolute Gasteiger partial charge is 0.337 e. The number of carbonyl (C=O) groups is 1. The van der Waals surface area contributed by atoms with Gasteiger partial charge in [-0.25, -0.2) is 9.86 Å². The van der Waals surface area contributed by atoms with Crippen LogP contribution in [-0.2, 0) is 9.63 Å². The van der Waals surface area contributed by atoms with Gasteiger partial charge in [0, 0.05) is 7.05 Å². The lowest BCUT2D eigenvalue weighted by Gasteiger charge is -2.23. The molecule has 0 aliphatic heterocycles. The number of hydrogen-bond acceptors (Lipinski definition) is 3. The molecule has 0 radical (unpaired) electrons. The van der Waals surface area contributed by atoms with Gasteiger partial charge in [0.1, 0.15) is 0 Å². The predicted molar refractivity (Wildman–Crippen MR) is 60.4 cm³/mol. The molecule has 0 bridgehead atoms. The number of hydrogen-bond donors (Lipinski definition) is 0. The highest BCUT2D eigenvalue weighted by molar-refractivity contribution is 5.76. The van der Waals surface area contributed by atoms with Gasteiger partial charge in [-0.3, -0.25) is 0 Å². The average molecular weight is 207 g/mol. The van der Waals surface area contributed by atoms with E-state index in [0.29, 0.717) is 0 Å². The minimum atomic E-state index is -0.483. The normalized spacial score (nSPS) is 10.9. The topological polar surface area (TPSA) is 29.5 Å². The summed E-state index contributed by atoms with van der Waals surface area (Å²) < 4.78 is 0. The summed E-state index contributed by atoms with van der Waals surface area (Å²) in [5, 5.41) is 1.48. The van der Waals surface area contributed by atoms with Crippen molar-refractivity contribution in [3.8, 4) is 0 Å². The molecule has 3 nitrogen and oxygen atoms in total. The predicted octanol–water partition coefficient (Wildman–Crippen LogP) is 2.63. The molecule has 0 fully saturated rings. The number of anilines is 1. The third-order valence-corrected chi connectivity index (χ3v) is 1.95. The Bertz CT molecular complexity index is 327. The second kappa shape index (κ2) is 4.34. The summed E-state index contributed by atoms with van der Waals surface area (Å²) in [7, 11) is 1.72. The third-order valence-electron chi connectivity index (χ3n) is 1.95. The molecule has 0 aromatic heterocycles. The summed E-state index contributed by atoms with van der Waals surface area (Å²) in [6, 6.07) is 9.49. The van der Waals surface area contributed by atoms with E-state index in [1.165, 1.54) is 5.06 Å². The first kappa shape index (κ1) is 11.6. The molecule has 1 rings (SSSR count). The van der Waals surface area contributed by atoms with Crippen molar-refractivity contribution in [3.05, 3.63) is 30.3 Å². The van der Waals surface area contributed by atoms with E-state index in [0.717, 1.165) is 5.69 Å². The van der Waals surface area contributed by atoms with Crippen LogP contribution in [-0.4, -0.2) is 13.0 Å². The van der Waals surface area contributed by atoms with Crippen molar-refractivity contribution in [1.29, 1.82) is 0 Å². The van der Waals surface area contributed by atoms with Crippen molar-refractivity contribution >= 4 is 11.7 Å². The van der Waals surface area contributed by atoms with Gasteiger partial charge in [0.25, 0.3) is 0 Å². The van der Waals surface area contributed by atoms with Crippen molar-refractivity contribution in [2.75, 3.05) is 12.1 Å². The molecule has 0 aliphatic rings. The fourth-order valence-electron chi connectivity index (χ4n) is 0.952. The van der Waals surface area contributed by atoms with Gasteiger partial charge in [0.05, 0.1) is 11.1 Å². The lowest BCUT2D eigenvalue weighted by Crippen LogP contribution is -2.30. The molecule has 0 aliphatic carbocycles. The van der Waals surface area contributed by atoms with Gasteiger partial charge >= 0.3 is 5.97 Å². The summed E-state index contributed by atoms with van der Waals surface area (Å²) in [6.45, 7) is 5.48. The largest absolute Gasteiger partial charge is 0.341 e. The Labute approximate surface area is 90.6 Å². The minimum absolute atomic E-state index is 0.242. The Morgan fingerprint density at radius 3 is 2.20 bits per heavy atom. The van der Waals surface area contributed by atoms with Crippen molar-refractivity contribution in [1.82, 2.24) is 0 Å². The Kier molecular flexibility index (Phi) is 3.35. The van der Waals surface area contributed by atoms with Gasteiger partial charge in [-0.15, -0.1) is 0 Å². The number of benzene rings is 1. The Morgan fingerprint density at radius 2 is 1.73 bits per heavy atom. The maximum absolute atomic E-state index is 11.6. The molecular weight excluding hydrogens is 190 g/mol. The van der Waals surface area contributed by atoms with Crippen LogP contribution in [0.4, 0.5) is 5.69 Å². The number of carbonyl (C=O) groups excluding carboxylic acids is 1. The van der Waals surface area contributed by atoms with Gasteiger partial charge in [-0.05, 0) is 32.9 Å². The van der Waals surface area contributed by atoms with Crippen LogP contribution in [0.15, 0.2) is 30.3 Å². The van der Waals surface area contributed by atoms with Crippen LogP contribution < -0.4 is 5.06 Å². The molecule has 0 heterocycles. The van der Waals surface area contributed by atoms with E-state index in [9.17, 15) is 4.79 Å². The summed E-state index contributed by atoms with van der Waals surface area (Å²) >= 11 is 0. The SMILES string of the molecule is CN(OC(=O)C(C)(C)C)c1ccccc1. The molecule has 1 aromatic carbocycles. The lowest BCUT2D eigenvalue weighted by atomic mass is 9.98. The molecule has 0 unspecified atom stereocenters. The highest BCUT2D eigenvalue weighted by atomic mass is 16.7. The highest BCUT2D eigenvalue weighted by Crippen LogP contribution is 2.18. The van der Waals surface area contributed by atoms with Crippen LogP contribution in [0.3, 0.4) is 0 Å². The van der Waals surface area contributed by atoms with Crippen molar-refractivity contribution in [2.45, 2.75) is 20.8 Å². The van der Waals surface area contributed by atoms with Gasteiger partial charge in [-0.1, -0.05) is 18.2 Å². The summed E-state index contributed by atoms with van der Waals surface area (Å²) in [5.74, 6) is -0.242. The van der Waals surface area contributed by atoms with E-state index in [1.807, 2.05) is 51.1 Å². The number of rotatable bonds is 2. The fourth-order valence-corrected chi connectivity index (χ4v) is 0.952. The third kappa shape index (κ3) is 3.27. The van der Waals surface area contributed by atoms with Gasteiger partial charge in [0.2, 0.25) is 0 Å². The molecule has 0 saturated heterocycles. The summed E-state index contributed by atoms with van der Waals surface area (Å²) in [4.78, 5) is 16.8. The minimum Gasteiger partial charge on any atom is -0.341 e. The van der Waals surface area contributed by atoms with Gasteiger partial charge in [0.15, 0.2) is 0 Å². The molecule has 0 N–H and O–H groups in total. The second-order valence-electron chi connectivity index (χ2n) is 4.46. The first-order chi connectivity index (χ1) is 6.91. The number of hydroxylamine groups is 1. The van der Waals surface area contributed by atoms with E-state index in [4.69, 9.17) is 4.84 Å². The van der Waals surface area contributed by atoms with Crippen LogP contribution in [0, 0.1) is 5.41 Å². The standard InChI is InChI=1S/C12H17NO2/c1-12(2,3)11(14)15-13(4)10-8-6-5-7-9-10/h5-9H,1-4H3. The average Bonchev–Trinajstić information content (AvgIpc) is 2.17. The second-order valence-corrected chi connectivity index (χ2v) is 4.46. The Morgan fingerprint density at radius 1 is 1.20 bits per heavy atom. The molecule has 0 amide bonds. The summed E-state index contributed by atoms with van der Waals surface area (Å²) in [5.41, 5.74) is 0.373. The zero-order valence-electron chi connectivity index (χ0n) is 9.65. The summed E-state index contributed by atoms with van der Waals surface area (Å²) in [6.07, 6.45) is 0. The van der Waals surface area contributed by atoms with Crippen molar-refractivity contribution < 1.29 is 9.63 Å². The van der Waals surface area contributed by atoms with Crippen molar-refractivity contribution in [2.24, 2.45) is 5.41 Å². The van der Waals surface area contributed by atoms with E-state index < -0.39 is 5.41 Å². The van der Waals surface area contributed by atoms with Crippen LogP contribution in [0.5, 0.6) is 0 Å². The lowest BCUT2D eigenvalue weighted by molar-refractivity contribution is -0.153. The molecule has 82 valence electrons. The van der Waals surface area contributed by atoms with E-state index in [1.54, 1.807) is 7.05 Å². The van der Waals surface area contributed by atoms with Crippen LogP contribution in [0.1, 0.15) is 20.8 Å². The van der Waals surface area contributed by atoms with Crippen molar-refractivity contribution in [3.63, 3.8) is 0 Å². The molecule has 0 atom stereocenters. The zero-order valence-corrected chi connectivity index (χ0v) is 9.65. The number of para-hydroxylation sites is 1. The van der Waals surface area contributed by atoms with Crippen LogP contribution in [0.2, 0.25) is 0 Å². The van der Waals surface area contributed by atoms with E-state index in [2.05, 4.69) is 0 Å². The van der Waals surface area contributed by atoms with E-state index in [-0.39, 0.29) is 5.97 Å². The molecule has 1 aromatic rings. The molecule has 0 spiro atoms. The van der Waals surface area contributed by atoms with Crippen LogP contribution in [0.25, 0.3) is 0 Å². The van der Waals surface area contributed by atoms with Gasteiger partial charge < -0.3 is 4.84 Å². The zero-order chi connectivity index (χ0) is 11.5. The molecule has 15 heavy (non-hydrogen) atoms. The molecular formula is C12H17NO2. The highest BCUT2D eigenvalue weighted by Gasteiger charge is 2.25. The monoisotopic (exact) mass is 207 g/mol.